The number of carbonyl (C=O) groups is 1. The lowest BCUT2D eigenvalue weighted by Crippen LogP contribution is -2.54. The number of hydrogen-bond donors (Lipinski definition) is 0. The molecule has 3 aliphatic rings. The summed E-state index contributed by atoms with van der Waals surface area (Å²) in [5.41, 5.74) is 8.50. The van der Waals surface area contributed by atoms with Crippen molar-refractivity contribution in [3.8, 4) is 11.1 Å². The molecule has 3 aromatic rings. The second kappa shape index (κ2) is 4.54. The first-order valence-electron chi connectivity index (χ1n) is 8.81. The van der Waals surface area contributed by atoms with Crippen LogP contribution in [0.15, 0.2) is 72.8 Å². The van der Waals surface area contributed by atoms with Gasteiger partial charge < -0.3 is 0 Å². The van der Waals surface area contributed by atoms with Gasteiger partial charge in [0.1, 0.15) is 0 Å². The van der Waals surface area contributed by atoms with Crippen molar-refractivity contribution in [2.45, 2.75) is 18.4 Å². The number of carbonyl (C=O) groups excluding carboxylic acids is 1. The highest BCUT2D eigenvalue weighted by Crippen LogP contribution is 2.45. The number of nitrogens with zero attached hydrogens (tertiary/aromatic N) is 1. The second-order valence-corrected chi connectivity index (χ2v) is 7.10. The van der Waals surface area contributed by atoms with Gasteiger partial charge in [-0.25, -0.2) is 4.79 Å². The molecular formula is C23H16NO+. The maximum absolute atomic E-state index is 13.1. The average molecular weight is 322 g/mol. The highest BCUT2D eigenvalue weighted by atomic mass is 16.2. The van der Waals surface area contributed by atoms with E-state index in [4.69, 9.17) is 0 Å². The largest absolute Gasteiger partial charge is 0.402 e. The van der Waals surface area contributed by atoms with Gasteiger partial charge in [-0.05, 0) is 34.4 Å². The Morgan fingerprint density at radius 1 is 0.720 bits per heavy atom. The van der Waals surface area contributed by atoms with Crippen LogP contribution in [-0.4, -0.2) is 22.2 Å². The summed E-state index contributed by atoms with van der Waals surface area (Å²) >= 11 is 0. The van der Waals surface area contributed by atoms with Crippen LogP contribution in [0.3, 0.4) is 0 Å². The molecule has 0 spiro atoms. The summed E-state index contributed by atoms with van der Waals surface area (Å²) in [4.78, 5) is 13.1. The molecule has 0 saturated carbocycles. The number of benzene rings is 3. The van der Waals surface area contributed by atoms with Gasteiger partial charge in [-0.2, -0.15) is 4.58 Å². The van der Waals surface area contributed by atoms with Crippen LogP contribution in [-0.2, 0) is 11.2 Å². The van der Waals surface area contributed by atoms with Crippen LogP contribution in [0.4, 0.5) is 0 Å². The quantitative estimate of drug-likeness (QED) is 0.356. The van der Waals surface area contributed by atoms with Crippen LogP contribution in [0.1, 0.15) is 28.2 Å². The zero-order chi connectivity index (χ0) is 16.5. The zero-order valence-electron chi connectivity index (χ0n) is 13.6. The Hall–Kier alpha value is -3.00. The van der Waals surface area contributed by atoms with Crippen molar-refractivity contribution in [3.05, 3.63) is 95.1 Å². The van der Waals surface area contributed by atoms with Gasteiger partial charge >= 0.3 is 5.91 Å². The fourth-order valence-corrected chi connectivity index (χ4v) is 4.87. The van der Waals surface area contributed by atoms with E-state index in [2.05, 4.69) is 71.3 Å². The summed E-state index contributed by atoms with van der Waals surface area (Å²) in [6, 6.07) is 25.6. The van der Waals surface area contributed by atoms with Gasteiger partial charge in [0.15, 0.2) is 12.0 Å². The van der Waals surface area contributed by atoms with Gasteiger partial charge in [-0.15, -0.1) is 0 Å². The third kappa shape index (κ3) is 1.55. The summed E-state index contributed by atoms with van der Waals surface area (Å²) in [7, 11) is 0. The summed E-state index contributed by atoms with van der Waals surface area (Å²) in [6.07, 6.45) is 0.959. The highest BCUT2D eigenvalue weighted by Gasteiger charge is 2.61. The minimum atomic E-state index is 0.0450. The van der Waals surface area contributed by atoms with Crippen molar-refractivity contribution >= 4 is 11.6 Å². The van der Waals surface area contributed by atoms with Crippen molar-refractivity contribution in [2.75, 3.05) is 0 Å². The summed E-state index contributed by atoms with van der Waals surface area (Å²) < 4.78 is 2.06. The minimum absolute atomic E-state index is 0.0450. The number of amides is 1. The standard InChI is InChI=1S/C23H16NO/c25-23-21-15-8-2-1-7-14(15)13-20(21)24(23)22-18-11-5-3-9-16(18)17-10-4-6-12-19(17)22/h1-12,20-21H,13H2/q+1. The van der Waals surface area contributed by atoms with Crippen molar-refractivity contribution in [2.24, 2.45) is 0 Å². The molecule has 1 saturated heterocycles. The maximum Gasteiger partial charge on any atom is 0.402 e. The van der Waals surface area contributed by atoms with Crippen molar-refractivity contribution < 1.29 is 9.37 Å². The molecule has 25 heavy (non-hydrogen) atoms. The van der Waals surface area contributed by atoms with Crippen molar-refractivity contribution in [1.29, 1.82) is 0 Å². The Morgan fingerprint density at radius 3 is 1.96 bits per heavy atom. The number of rotatable bonds is 0. The molecule has 2 aliphatic carbocycles. The van der Waals surface area contributed by atoms with E-state index in [1.54, 1.807) is 0 Å². The van der Waals surface area contributed by atoms with Gasteiger partial charge in [-0.1, -0.05) is 60.7 Å². The molecule has 0 aromatic heterocycles. The van der Waals surface area contributed by atoms with E-state index in [1.165, 1.54) is 33.4 Å². The predicted molar refractivity (Wildman–Crippen MR) is 97.0 cm³/mol. The normalized spacial score (nSPS) is 22.2. The van der Waals surface area contributed by atoms with Gasteiger partial charge in [-0.3, -0.25) is 0 Å². The fraction of sp³-hybridized carbons (Fsp3) is 0.130. The van der Waals surface area contributed by atoms with E-state index in [-0.39, 0.29) is 17.9 Å². The Kier molecular flexibility index (Phi) is 2.42. The first kappa shape index (κ1) is 13.3. The SMILES string of the molecule is O=C1C2c3ccccc3CC2[N+]1=C1c2ccccc2-c2ccccc21. The van der Waals surface area contributed by atoms with Crippen LogP contribution in [0, 0.1) is 0 Å². The molecule has 0 bridgehead atoms. The Labute approximate surface area is 146 Å². The second-order valence-electron chi connectivity index (χ2n) is 7.10. The number of fused-ring (bicyclic) bond motifs is 6. The summed E-state index contributed by atoms with van der Waals surface area (Å²) in [5, 5.41) is 0. The van der Waals surface area contributed by atoms with E-state index in [1.807, 2.05) is 6.07 Å². The lowest BCUT2D eigenvalue weighted by atomic mass is 9.87. The monoisotopic (exact) mass is 322 g/mol. The molecule has 2 nitrogen and oxygen atoms in total. The van der Waals surface area contributed by atoms with Gasteiger partial charge in [0.2, 0.25) is 5.71 Å². The molecule has 0 N–H and O–H groups in total. The number of β-lactam (4-membered cyclic amide) rings is 1. The average Bonchev–Trinajstić information content (AvgIpc) is 3.16. The first-order chi connectivity index (χ1) is 12.3. The molecule has 1 heterocycles. The molecule has 2 atom stereocenters. The van der Waals surface area contributed by atoms with Crippen LogP contribution in [0.2, 0.25) is 0 Å². The van der Waals surface area contributed by atoms with E-state index >= 15 is 0 Å². The van der Waals surface area contributed by atoms with Crippen LogP contribution in [0.25, 0.3) is 11.1 Å². The third-order valence-electron chi connectivity index (χ3n) is 5.93. The third-order valence-corrected chi connectivity index (χ3v) is 5.93. The molecule has 1 aliphatic heterocycles. The highest BCUT2D eigenvalue weighted by molar-refractivity contribution is 6.23. The maximum atomic E-state index is 13.1. The van der Waals surface area contributed by atoms with Gasteiger partial charge in [0.05, 0.1) is 11.1 Å². The molecule has 0 radical (unpaired) electrons. The smallest absolute Gasteiger partial charge is 0.219 e. The molecule has 3 aromatic carbocycles. The molecule has 1 fully saturated rings. The van der Waals surface area contributed by atoms with Crippen LogP contribution in [0.5, 0.6) is 0 Å². The Bertz CT molecular complexity index is 1060. The first-order valence-corrected chi connectivity index (χ1v) is 8.81. The molecule has 2 heteroatoms. The van der Waals surface area contributed by atoms with Gasteiger partial charge in [0, 0.05) is 6.42 Å². The summed E-state index contributed by atoms with van der Waals surface area (Å²) in [5.74, 6) is 0.292. The van der Waals surface area contributed by atoms with E-state index in [9.17, 15) is 4.79 Å². The molecule has 1 amide bonds. The van der Waals surface area contributed by atoms with Crippen LogP contribution >= 0.6 is 0 Å². The van der Waals surface area contributed by atoms with Gasteiger partial charge in [0.25, 0.3) is 0 Å². The van der Waals surface area contributed by atoms with Crippen molar-refractivity contribution in [3.63, 3.8) is 0 Å². The molecular weight excluding hydrogens is 306 g/mol. The van der Waals surface area contributed by atoms with Crippen molar-refractivity contribution in [1.82, 2.24) is 0 Å². The Balaban J connectivity index is 1.61. The molecule has 2 unspecified atom stereocenters. The van der Waals surface area contributed by atoms with E-state index < -0.39 is 0 Å². The van der Waals surface area contributed by atoms with E-state index in [0.29, 0.717) is 0 Å². The minimum Gasteiger partial charge on any atom is -0.219 e. The lowest BCUT2D eigenvalue weighted by molar-refractivity contribution is -0.534. The topological polar surface area (TPSA) is 20.1 Å². The molecule has 6 rings (SSSR count). The number of hydrogen-bond acceptors (Lipinski definition) is 1. The predicted octanol–water partition coefficient (Wildman–Crippen LogP) is 3.77. The summed E-state index contributed by atoms with van der Waals surface area (Å²) in [6.45, 7) is 0. The fourth-order valence-electron chi connectivity index (χ4n) is 4.87. The molecule has 118 valence electrons. The lowest BCUT2D eigenvalue weighted by Gasteiger charge is -2.26. The zero-order valence-corrected chi connectivity index (χ0v) is 13.6. The van der Waals surface area contributed by atoms with E-state index in [0.717, 1.165) is 12.1 Å². The van der Waals surface area contributed by atoms with Crippen LogP contribution < -0.4 is 0 Å². The Morgan fingerprint density at radius 2 is 1.28 bits per heavy atom.